The lowest BCUT2D eigenvalue weighted by Crippen LogP contribution is -2.26. The maximum absolute atomic E-state index is 12.3. The van der Waals surface area contributed by atoms with Gasteiger partial charge in [-0.05, 0) is 48.6 Å². The van der Waals surface area contributed by atoms with Crippen LogP contribution in [0.25, 0.3) is 10.9 Å². The SMILES string of the molecule is CCc1cccc2c(CCNC(=O)c3cc(N)ccc3C)c[nH]c12.Cl. The highest BCUT2D eigenvalue weighted by molar-refractivity contribution is 5.96. The van der Waals surface area contributed by atoms with Gasteiger partial charge < -0.3 is 16.0 Å². The van der Waals surface area contributed by atoms with E-state index in [0.717, 1.165) is 18.4 Å². The molecule has 0 saturated carbocycles. The zero-order chi connectivity index (χ0) is 17.1. The Kier molecular flexibility index (Phi) is 6.10. The first kappa shape index (κ1) is 18.9. The van der Waals surface area contributed by atoms with Crippen LogP contribution in [-0.2, 0) is 12.8 Å². The minimum absolute atomic E-state index is 0. The second-order valence-corrected chi connectivity index (χ2v) is 6.09. The molecule has 5 heteroatoms. The molecule has 1 heterocycles. The molecule has 0 fully saturated rings. The third-order valence-electron chi connectivity index (χ3n) is 4.45. The normalized spacial score (nSPS) is 10.5. The maximum atomic E-state index is 12.3. The van der Waals surface area contributed by atoms with E-state index in [2.05, 4.69) is 35.4 Å². The highest BCUT2D eigenvalue weighted by Crippen LogP contribution is 2.22. The molecule has 25 heavy (non-hydrogen) atoms. The van der Waals surface area contributed by atoms with Gasteiger partial charge in [0.05, 0.1) is 0 Å². The second kappa shape index (κ2) is 8.08. The number of anilines is 1. The van der Waals surface area contributed by atoms with Gasteiger partial charge in [-0.1, -0.05) is 31.2 Å². The fourth-order valence-electron chi connectivity index (χ4n) is 3.07. The molecule has 4 nitrogen and oxygen atoms in total. The van der Waals surface area contributed by atoms with Crippen LogP contribution in [0.15, 0.2) is 42.6 Å². The van der Waals surface area contributed by atoms with Gasteiger partial charge in [-0.3, -0.25) is 4.79 Å². The Morgan fingerprint density at radius 3 is 2.76 bits per heavy atom. The molecule has 0 bridgehead atoms. The van der Waals surface area contributed by atoms with Gasteiger partial charge >= 0.3 is 0 Å². The quantitative estimate of drug-likeness (QED) is 0.603. The van der Waals surface area contributed by atoms with Crippen LogP contribution in [0.4, 0.5) is 5.69 Å². The summed E-state index contributed by atoms with van der Waals surface area (Å²) >= 11 is 0. The van der Waals surface area contributed by atoms with Crippen molar-refractivity contribution in [3.63, 3.8) is 0 Å². The number of nitrogens with one attached hydrogen (secondary N) is 2. The van der Waals surface area contributed by atoms with Crippen LogP contribution in [0.3, 0.4) is 0 Å². The number of hydrogen-bond donors (Lipinski definition) is 3. The zero-order valence-electron chi connectivity index (χ0n) is 14.6. The average molecular weight is 358 g/mol. The number of carbonyl (C=O) groups excluding carboxylic acids is 1. The number of amides is 1. The summed E-state index contributed by atoms with van der Waals surface area (Å²) in [5, 5.41) is 4.23. The number of nitrogens with two attached hydrogens (primary N) is 1. The molecular formula is C20H24ClN3O. The van der Waals surface area contributed by atoms with Crippen LogP contribution in [0.5, 0.6) is 0 Å². The van der Waals surface area contributed by atoms with E-state index >= 15 is 0 Å². The first-order valence-corrected chi connectivity index (χ1v) is 8.32. The predicted molar refractivity (Wildman–Crippen MR) is 107 cm³/mol. The summed E-state index contributed by atoms with van der Waals surface area (Å²) in [4.78, 5) is 15.7. The summed E-state index contributed by atoms with van der Waals surface area (Å²) < 4.78 is 0. The average Bonchev–Trinajstić information content (AvgIpc) is 3.00. The smallest absolute Gasteiger partial charge is 0.251 e. The molecule has 0 unspecified atom stereocenters. The van der Waals surface area contributed by atoms with E-state index in [1.807, 2.05) is 25.3 Å². The first-order chi connectivity index (χ1) is 11.6. The Bertz CT molecular complexity index is 886. The van der Waals surface area contributed by atoms with E-state index in [9.17, 15) is 4.79 Å². The topological polar surface area (TPSA) is 70.9 Å². The van der Waals surface area contributed by atoms with Crippen LogP contribution in [0, 0.1) is 6.92 Å². The number of aromatic amines is 1. The minimum Gasteiger partial charge on any atom is -0.399 e. The van der Waals surface area contributed by atoms with Crippen LogP contribution >= 0.6 is 12.4 Å². The van der Waals surface area contributed by atoms with Gasteiger partial charge in [0, 0.05) is 34.9 Å². The molecule has 0 spiro atoms. The number of benzene rings is 2. The van der Waals surface area contributed by atoms with Gasteiger partial charge in [-0.2, -0.15) is 0 Å². The molecule has 2 aromatic carbocycles. The van der Waals surface area contributed by atoms with Crippen molar-refractivity contribution >= 4 is 34.9 Å². The molecule has 1 aromatic heterocycles. The third kappa shape index (κ3) is 3.97. The number of aromatic nitrogens is 1. The maximum Gasteiger partial charge on any atom is 0.251 e. The fourth-order valence-corrected chi connectivity index (χ4v) is 3.07. The van der Waals surface area contributed by atoms with E-state index in [0.29, 0.717) is 17.8 Å². The van der Waals surface area contributed by atoms with E-state index in [4.69, 9.17) is 5.73 Å². The number of H-pyrrole nitrogens is 1. The molecule has 132 valence electrons. The molecular weight excluding hydrogens is 334 g/mol. The van der Waals surface area contributed by atoms with Crippen LogP contribution in [-0.4, -0.2) is 17.4 Å². The molecule has 0 radical (unpaired) electrons. The van der Waals surface area contributed by atoms with Crippen molar-refractivity contribution in [2.45, 2.75) is 26.7 Å². The van der Waals surface area contributed by atoms with Gasteiger partial charge in [0.1, 0.15) is 0 Å². The first-order valence-electron chi connectivity index (χ1n) is 8.32. The lowest BCUT2D eigenvalue weighted by Gasteiger charge is -2.08. The highest BCUT2D eigenvalue weighted by Gasteiger charge is 2.10. The van der Waals surface area contributed by atoms with Crippen LogP contribution in [0.1, 0.15) is 34.0 Å². The summed E-state index contributed by atoms with van der Waals surface area (Å²) in [5.74, 6) is -0.0751. The third-order valence-corrected chi connectivity index (χ3v) is 4.45. The number of nitrogen functional groups attached to an aromatic ring is 1. The van der Waals surface area contributed by atoms with Crippen LogP contribution in [0.2, 0.25) is 0 Å². The molecule has 0 saturated heterocycles. The van der Waals surface area contributed by atoms with Crippen molar-refractivity contribution in [3.8, 4) is 0 Å². The van der Waals surface area contributed by atoms with E-state index in [-0.39, 0.29) is 18.3 Å². The number of para-hydroxylation sites is 1. The van der Waals surface area contributed by atoms with Gasteiger partial charge in [0.2, 0.25) is 0 Å². The Morgan fingerprint density at radius 2 is 2.00 bits per heavy atom. The Balaban J connectivity index is 0.00000225. The zero-order valence-corrected chi connectivity index (χ0v) is 15.4. The van der Waals surface area contributed by atoms with Gasteiger partial charge in [0.15, 0.2) is 0 Å². The van der Waals surface area contributed by atoms with Gasteiger partial charge in [-0.25, -0.2) is 0 Å². The van der Waals surface area contributed by atoms with Crippen molar-refractivity contribution in [1.29, 1.82) is 0 Å². The van der Waals surface area contributed by atoms with Crippen molar-refractivity contribution < 1.29 is 4.79 Å². The Labute approximate surface area is 154 Å². The molecule has 1 amide bonds. The Morgan fingerprint density at radius 1 is 1.20 bits per heavy atom. The lowest BCUT2D eigenvalue weighted by molar-refractivity contribution is 0.0953. The number of halogens is 1. The summed E-state index contributed by atoms with van der Waals surface area (Å²) in [6.07, 6.45) is 3.84. The standard InChI is InChI=1S/C20H23N3O.ClH/c1-3-14-5-4-6-17-15(12-23-19(14)17)9-10-22-20(24)18-11-16(21)8-7-13(18)2;/h4-8,11-12,23H,3,9-10,21H2,1-2H3,(H,22,24);1H. The number of rotatable bonds is 5. The highest BCUT2D eigenvalue weighted by atomic mass is 35.5. The molecule has 0 aliphatic heterocycles. The predicted octanol–water partition coefficient (Wildman–Crippen LogP) is 4.02. The van der Waals surface area contributed by atoms with Crippen molar-refractivity contribution in [2.24, 2.45) is 0 Å². The Hall–Kier alpha value is -2.46. The van der Waals surface area contributed by atoms with E-state index in [1.165, 1.54) is 22.0 Å². The van der Waals surface area contributed by atoms with Crippen molar-refractivity contribution in [1.82, 2.24) is 10.3 Å². The molecule has 0 aliphatic carbocycles. The van der Waals surface area contributed by atoms with E-state index in [1.54, 1.807) is 6.07 Å². The second-order valence-electron chi connectivity index (χ2n) is 6.09. The summed E-state index contributed by atoms with van der Waals surface area (Å²) in [5.41, 5.74) is 11.7. The fraction of sp³-hybridized carbons (Fsp3) is 0.250. The number of hydrogen-bond acceptors (Lipinski definition) is 2. The number of carbonyl (C=O) groups is 1. The van der Waals surface area contributed by atoms with Crippen molar-refractivity contribution in [2.75, 3.05) is 12.3 Å². The molecule has 4 N–H and O–H groups in total. The molecule has 0 aliphatic rings. The molecule has 3 rings (SSSR count). The molecule has 3 aromatic rings. The van der Waals surface area contributed by atoms with Gasteiger partial charge in [-0.15, -0.1) is 12.4 Å². The van der Waals surface area contributed by atoms with Crippen LogP contribution < -0.4 is 11.1 Å². The summed E-state index contributed by atoms with van der Waals surface area (Å²) in [6.45, 7) is 4.67. The summed E-state index contributed by atoms with van der Waals surface area (Å²) in [7, 11) is 0. The largest absolute Gasteiger partial charge is 0.399 e. The van der Waals surface area contributed by atoms with Crippen molar-refractivity contribution in [3.05, 3.63) is 64.8 Å². The lowest BCUT2D eigenvalue weighted by atomic mass is 10.1. The minimum atomic E-state index is -0.0751. The van der Waals surface area contributed by atoms with E-state index < -0.39 is 0 Å². The number of aryl methyl sites for hydroxylation is 2. The summed E-state index contributed by atoms with van der Waals surface area (Å²) in [6, 6.07) is 11.8. The van der Waals surface area contributed by atoms with Gasteiger partial charge in [0.25, 0.3) is 5.91 Å². The number of fused-ring (bicyclic) bond motifs is 1. The monoisotopic (exact) mass is 357 g/mol. The molecule has 0 atom stereocenters.